The van der Waals surface area contributed by atoms with Gasteiger partial charge in [0.05, 0.1) is 24.9 Å². The highest BCUT2D eigenvalue weighted by atomic mass is 19.1. The molecule has 0 spiro atoms. The van der Waals surface area contributed by atoms with Gasteiger partial charge in [-0.3, -0.25) is 14.4 Å². The predicted octanol–water partition coefficient (Wildman–Crippen LogP) is 3.90. The van der Waals surface area contributed by atoms with Gasteiger partial charge >= 0.3 is 0 Å². The van der Waals surface area contributed by atoms with E-state index < -0.39 is 11.7 Å². The van der Waals surface area contributed by atoms with E-state index in [9.17, 15) is 9.18 Å². The summed E-state index contributed by atoms with van der Waals surface area (Å²) in [6.45, 7) is 10.1. The lowest BCUT2D eigenvalue weighted by molar-refractivity contribution is -0.117. The molecule has 0 unspecified atom stereocenters. The zero-order valence-corrected chi connectivity index (χ0v) is 22.7. The summed E-state index contributed by atoms with van der Waals surface area (Å²) in [6.07, 6.45) is 5.73. The Labute approximate surface area is 223 Å². The van der Waals surface area contributed by atoms with E-state index in [0.717, 1.165) is 48.9 Å². The number of ether oxygens (including phenoxy) is 1. The molecule has 1 amide bonds. The SMILES string of the molecule is CC[C@@H]1[C@@H](C(=O)Nc2cc3cc(N4CCN([C@]5(C)COC[C@@H]5F)CC4)c(C)cc3cn2)[C@@H]1c1cnn(C)c1. The number of hydrogen-bond donors (Lipinski definition) is 1. The van der Waals surface area contributed by atoms with Gasteiger partial charge in [0.1, 0.15) is 12.0 Å². The Bertz CT molecular complexity index is 1350. The minimum Gasteiger partial charge on any atom is -0.376 e. The molecule has 0 radical (unpaired) electrons. The van der Waals surface area contributed by atoms with E-state index in [2.05, 4.69) is 51.2 Å². The minimum atomic E-state index is -0.944. The summed E-state index contributed by atoms with van der Waals surface area (Å²) in [5.74, 6) is 1.10. The number of anilines is 2. The average molecular weight is 521 g/mol. The van der Waals surface area contributed by atoms with Crippen LogP contribution >= 0.6 is 0 Å². The van der Waals surface area contributed by atoms with Crippen molar-refractivity contribution in [3.05, 3.63) is 47.9 Å². The van der Waals surface area contributed by atoms with Crippen LogP contribution in [0, 0.1) is 18.8 Å². The third kappa shape index (κ3) is 4.35. The number of aryl methyl sites for hydroxylation is 2. The smallest absolute Gasteiger partial charge is 0.229 e. The summed E-state index contributed by atoms with van der Waals surface area (Å²) in [5.41, 5.74) is 2.96. The van der Waals surface area contributed by atoms with E-state index >= 15 is 0 Å². The molecule has 6 rings (SSSR count). The highest BCUT2D eigenvalue weighted by molar-refractivity contribution is 5.97. The Morgan fingerprint density at radius 1 is 1.18 bits per heavy atom. The summed E-state index contributed by atoms with van der Waals surface area (Å²) >= 11 is 0. The van der Waals surface area contributed by atoms with E-state index in [1.165, 1.54) is 11.3 Å². The molecule has 38 heavy (non-hydrogen) atoms. The fourth-order valence-electron chi connectivity index (χ4n) is 6.61. The van der Waals surface area contributed by atoms with Crippen LogP contribution in [0.4, 0.5) is 15.9 Å². The lowest BCUT2D eigenvalue weighted by Crippen LogP contribution is -2.59. The number of halogens is 1. The first-order valence-electron chi connectivity index (χ1n) is 13.7. The Balaban J connectivity index is 1.16. The van der Waals surface area contributed by atoms with Gasteiger partial charge in [0.15, 0.2) is 0 Å². The van der Waals surface area contributed by atoms with Crippen LogP contribution in [0.25, 0.3) is 10.8 Å². The molecule has 1 aliphatic carbocycles. The zero-order valence-electron chi connectivity index (χ0n) is 22.7. The number of fused-ring (bicyclic) bond motifs is 1. The molecule has 8 nitrogen and oxygen atoms in total. The number of amides is 1. The fraction of sp³-hybridized carbons (Fsp3) is 0.552. The second-order valence-corrected chi connectivity index (χ2v) is 11.4. The van der Waals surface area contributed by atoms with Crippen LogP contribution in [0.3, 0.4) is 0 Å². The van der Waals surface area contributed by atoms with Gasteiger partial charge in [-0.25, -0.2) is 9.37 Å². The van der Waals surface area contributed by atoms with Crippen LogP contribution in [-0.2, 0) is 16.6 Å². The molecular weight excluding hydrogens is 483 g/mol. The molecule has 3 fully saturated rings. The topological polar surface area (TPSA) is 75.5 Å². The van der Waals surface area contributed by atoms with Crippen molar-refractivity contribution in [2.75, 3.05) is 49.6 Å². The predicted molar refractivity (Wildman–Crippen MR) is 146 cm³/mol. The van der Waals surface area contributed by atoms with Gasteiger partial charge in [0.25, 0.3) is 0 Å². The number of hydrogen-bond acceptors (Lipinski definition) is 6. The molecule has 3 aliphatic rings. The third-order valence-corrected chi connectivity index (χ3v) is 9.02. The Morgan fingerprint density at radius 2 is 1.97 bits per heavy atom. The third-order valence-electron chi connectivity index (χ3n) is 9.02. The number of alkyl halides is 1. The van der Waals surface area contributed by atoms with Crippen LogP contribution in [0.15, 0.2) is 36.8 Å². The van der Waals surface area contributed by atoms with E-state index in [4.69, 9.17) is 4.74 Å². The van der Waals surface area contributed by atoms with Gasteiger partial charge < -0.3 is 15.0 Å². The van der Waals surface area contributed by atoms with E-state index in [1.54, 1.807) is 4.68 Å². The largest absolute Gasteiger partial charge is 0.376 e. The van der Waals surface area contributed by atoms with Crippen LogP contribution < -0.4 is 10.2 Å². The molecule has 9 heteroatoms. The molecule has 3 aromatic rings. The first kappa shape index (κ1) is 25.2. The van der Waals surface area contributed by atoms with Gasteiger partial charge in [0.2, 0.25) is 5.91 Å². The van der Waals surface area contributed by atoms with Crippen LogP contribution in [0.5, 0.6) is 0 Å². The summed E-state index contributed by atoms with van der Waals surface area (Å²) < 4.78 is 21.8. The van der Waals surface area contributed by atoms with Crippen molar-refractivity contribution in [3.63, 3.8) is 0 Å². The highest BCUT2D eigenvalue weighted by Crippen LogP contribution is 2.56. The maximum atomic E-state index is 14.5. The zero-order chi connectivity index (χ0) is 26.6. The van der Waals surface area contributed by atoms with Crippen molar-refractivity contribution in [1.82, 2.24) is 19.7 Å². The second-order valence-electron chi connectivity index (χ2n) is 11.4. The Hall–Kier alpha value is -3.04. The van der Waals surface area contributed by atoms with Crippen molar-refractivity contribution < 1.29 is 13.9 Å². The molecule has 2 aromatic heterocycles. The minimum absolute atomic E-state index is 0.0246. The maximum absolute atomic E-state index is 14.5. The lowest BCUT2D eigenvalue weighted by Gasteiger charge is -2.45. The molecule has 1 aromatic carbocycles. The van der Waals surface area contributed by atoms with Crippen LogP contribution in [-0.4, -0.2) is 76.7 Å². The molecule has 5 atom stereocenters. The summed E-state index contributed by atoms with van der Waals surface area (Å²) in [5, 5.41) is 9.46. The van der Waals surface area contributed by atoms with Gasteiger partial charge in [-0.05, 0) is 54.5 Å². The molecular formula is C29H37FN6O2. The fourth-order valence-corrected chi connectivity index (χ4v) is 6.61. The highest BCUT2D eigenvalue weighted by Gasteiger charge is 2.54. The average Bonchev–Trinajstić information content (AvgIpc) is 3.33. The van der Waals surface area contributed by atoms with Crippen LogP contribution in [0.2, 0.25) is 0 Å². The Kier molecular flexibility index (Phi) is 6.39. The maximum Gasteiger partial charge on any atom is 0.229 e. The number of piperazine rings is 1. The van der Waals surface area contributed by atoms with E-state index in [1.807, 2.05) is 38.6 Å². The molecule has 1 N–H and O–H groups in total. The number of nitrogens with zero attached hydrogens (tertiary/aromatic N) is 5. The van der Waals surface area contributed by atoms with Crippen LogP contribution in [0.1, 0.15) is 37.3 Å². The summed E-state index contributed by atoms with van der Waals surface area (Å²) in [4.78, 5) is 22.4. The molecule has 0 bridgehead atoms. The second kappa shape index (κ2) is 9.61. The number of rotatable bonds is 6. The molecule has 4 heterocycles. The van der Waals surface area contributed by atoms with E-state index in [0.29, 0.717) is 18.3 Å². The van der Waals surface area contributed by atoms with Gasteiger partial charge in [-0.1, -0.05) is 13.3 Å². The number of pyridine rings is 1. The quantitative estimate of drug-likeness (QED) is 0.531. The van der Waals surface area contributed by atoms with Crippen molar-refractivity contribution in [2.45, 2.75) is 44.8 Å². The number of nitrogens with one attached hydrogen (secondary N) is 1. The molecule has 202 valence electrons. The van der Waals surface area contributed by atoms with E-state index in [-0.39, 0.29) is 24.3 Å². The van der Waals surface area contributed by atoms with Gasteiger partial charge in [-0.15, -0.1) is 0 Å². The number of benzene rings is 1. The first-order valence-corrected chi connectivity index (χ1v) is 13.7. The number of carbonyl (C=O) groups is 1. The molecule has 2 saturated heterocycles. The lowest BCUT2D eigenvalue weighted by atomic mass is 9.96. The summed E-state index contributed by atoms with van der Waals surface area (Å²) in [6, 6.07) is 6.33. The normalized spacial score (nSPS) is 29.7. The first-order chi connectivity index (χ1) is 18.3. The standard InChI is InChI=1S/C29H37FN6O2/c1-5-22-26(21-14-32-34(4)15-21)27(22)28(37)33-25-12-19-11-23(18(2)10-20(19)13-31-25)35-6-8-36(9-7-35)29(3)17-38-16-24(29)30/h10-15,22,24,26-27H,5-9,16-17H2,1-4H3,(H,31,33,37)/t22-,24-,26+,27+,29+/m0/s1. The van der Waals surface area contributed by atoms with Gasteiger partial charge in [0, 0.05) is 68.5 Å². The van der Waals surface area contributed by atoms with Crippen molar-refractivity contribution in [1.29, 1.82) is 0 Å². The van der Waals surface area contributed by atoms with Crippen molar-refractivity contribution in [3.8, 4) is 0 Å². The summed E-state index contributed by atoms with van der Waals surface area (Å²) in [7, 11) is 1.90. The monoisotopic (exact) mass is 520 g/mol. The number of aromatic nitrogens is 3. The molecule has 2 aliphatic heterocycles. The van der Waals surface area contributed by atoms with Crippen molar-refractivity contribution >= 4 is 28.2 Å². The van der Waals surface area contributed by atoms with Crippen molar-refractivity contribution in [2.24, 2.45) is 18.9 Å². The Morgan fingerprint density at radius 3 is 2.63 bits per heavy atom. The number of carbonyl (C=O) groups excluding carboxylic acids is 1. The van der Waals surface area contributed by atoms with Gasteiger partial charge in [-0.2, -0.15) is 5.10 Å². The molecule has 1 saturated carbocycles.